The van der Waals surface area contributed by atoms with Gasteiger partial charge in [-0.05, 0) is 68.7 Å². The van der Waals surface area contributed by atoms with E-state index in [1.165, 1.54) is 0 Å². The van der Waals surface area contributed by atoms with Crippen LogP contribution in [0.1, 0.15) is 34.7 Å². The third-order valence-corrected chi connectivity index (χ3v) is 8.99. The van der Waals surface area contributed by atoms with E-state index >= 15 is 0 Å². The highest BCUT2D eigenvalue weighted by Crippen LogP contribution is 2.37. The van der Waals surface area contributed by atoms with Gasteiger partial charge in [-0.3, -0.25) is 4.79 Å². The van der Waals surface area contributed by atoms with E-state index in [2.05, 4.69) is 20.9 Å². The van der Waals surface area contributed by atoms with E-state index in [1.807, 2.05) is 63.7 Å². The second kappa shape index (κ2) is 11.1. The number of aromatic amines is 1. The van der Waals surface area contributed by atoms with Gasteiger partial charge >= 0.3 is 0 Å². The van der Waals surface area contributed by atoms with E-state index in [4.69, 9.17) is 5.73 Å². The molecule has 1 saturated heterocycles. The number of nitrogens with two attached hydrogens (primary N) is 1. The predicted molar refractivity (Wildman–Crippen MR) is 146 cm³/mol. The Morgan fingerprint density at radius 3 is 2.36 bits per heavy atom. The van der Waals surface area contributed by atoms with E-state index in [-0.39, 0.29) is 11.7 Å². The number of H-pyrrole nitrogens is 1. The molecule has 0 radical (unpaired) electrons. The molecule has 194 valence electrons. The van der Waals surface area contributed by atoms with Gasteiger partial charge in [-0.1, -0.05) is 30.3 Å². The summed E-state index contributed by atoms with van der Waals surface area (Å²) in [5, 5.41) is 0.981. The molecule has 1 aliphatic heterocycles. The number of benzene rings is 2. The number of fused-ring (bicyclic) bond motifs is 1. The van der Waals surface area contributed by atoms with Gasteiger partial charge in [0.15, 0.2) is 0 Å². The Labute approximate surface area is 214 Å². The van der Waals surface area contributed by atoms with Gasteiger partial charge in [0.25, 0.3) is 5.91 Å². The number of sulfonamides is 1. The van der Waals surface area contributed by atoms with Crippen LogP contribution in [-0.2, 0) is 10.0 Å². The number of piperidine rings is 1. The molecule has 8 nitrogen and oxygen atoms in total. The maximum atomic E-state index is 13.0. The molecule has 0 bridgehead atoms. The lowest BCUT2D eigenvalue weighted by Crippen LogP contribution is -2.42. The highest BCUT2D eigenvalue weighted by atomic mass is 32.2. The number of primary amides is 1. The first kappa shape index (κ1) is 26.3. The molecule has 9 heteroatoms. The van der Waals surface area contributed by atoms with Gasteiger partial charge in [0.1, 0.15) is 0 Å². The van der Waals surface area contributed by atoms with Crippen LogP contribution < -0.4 is 5.73 Å². The summed E-state index contributed by atoms with van der Waals surface area (Å²) in [6, 6.07) is 13.9. The molecular weight excluding hydrogens is 474 g/mol. The van der Waals surface area contributed by atoms with Gasteiger partial charge < -0.3 is 20.5 Å². The van der Waals surface area contributed by atoms with Crippen molar-refractivity contribution in [1.29, 1.82) is 0 Å². The number of hydrogen-bond acceptors (Lipinski definition) is 5. The third-order valence-electron chi connectivity index (χ3n) is 7.14. The molecule has 1 fully saturated rings. The lowest BCUT2D eigenvalue weighted by Gasteiger charge is -2.31. The molecule has 3 N–H and O–H groups in total. The van der Waals surface area contributed by atoms with Crippen LogP contribution in [0.2, 0.25) is 0 Å². The van der Waals surface area contributed by atoms with Crippen LogP contribution >= 0.6 is 0 Å². The number of carbonyl (C=O) groups is 1. The Bertz CT molecular complexity index is 1300. The van der Waals surface area contributed by atoms with Crippen LogP contribution in [0.4, 0.5) is 0 Å². The summed E-state index contributed by atoms with van der Waals surface area (Å²) in [7, 11) is 2.69. The van der Waals surface area contributed by atoms with Crippen LogP contribution in [0.15, 0.2) is 48.7 Å². The van der Waals surface area contributed by atoms with E-state index in [0.29, 0.717) is 25.2 Å². The fourth-order valence-corrected chi connectivity index (χ4v) is 6.48. The molecular formula is C27H37N5O3S. The molecule has 0 saturated carbocycles. The lowest BCUT2D eigenvalue weighted by molar-refractivity contribution is 0.100. The van der Waals surface area contributed by atoms with Gasteiger partial charge in [0.05, 0.1) is 16.8 Å². The van der Waals surface area contributed by atoms with Crippen molar-refractivity contribution in [3.05, 3.63) is 59.8 Å². The van der Waals surface area contributed by atoms with Crippen LogP contribution in [-0.4, -0.2) is 93.0 Å². The fourth-order valence-electron chi connectivity index (χ4n) is 4.91. The van der Waals surface area contributed by atoms with Gasteiger partial charge in [-0.25, -0.2) is 12.7 Å². The number of hydrogen-bond donors (Lipinski definition) is 2. The van der Waals surface area contributed by atoms with Crippen molar-refractivity contribution >= 4 is 26.8 Å². The van der Waals surface area contributed by atoms with Crippen molar-refractivity contribution in [1.82, 2.24) is 19.1 Å². The first-order valence-electron chi connectivity index (χ1n) is 12.5. The second-order valence-corrected chi connectivity index (χ2v) is 12.1. The summed E-state index contributed by atoms with van der Waals surface area (Å²) in [5.74, 6) is -0.126. The van der Waals surface area contributed by atoms with Crippen molar-refractivity contribution in [3.8, 4) is 11.1 Å². The zero-order chi connectivity index (χ0) is 25.9. The van der Waals surface area contributed by atoms with Crippen molar-refractivity contribution in [2.75, 3.05) is 59.6 Å². The topological polar surface area (TPSA) is 103 Å². The Kier molecular flexibility index (Phi) is 8.14. The van der Waals surface area contributed by atoms with E-state index in [0.717, 1.165) is 53.5 Å². The minimum Gasteiger partial charge on any atom is -0.366 e. The van der Waals surface area contributed by atoms with Crippen molar-refractivity contribution in [2.24, 2.45) is 5.73 Å². The SMILES string of the molecule is CN(C)CCN(C)CCS(=O)(=O)N1CCC(c2c[nH]c3c(C(N)=O)cc(-c4ccccc4)cc23)CC1. The number of nitrogens with one attached hydrogen (secondary N) is 1. The predicted octanol–water partition coefficient (Wildman–Crippen LogP) is 2.94. The zero-order valence-electron chi connectivity index (χ0n) is 21.4. The normalized spacial score (nSPS) is 15.8. The van der Waals surface area contributed by atoms with Crippen molar-refractivity contribution < 1.29 is 13.2 Å². The smallest absolute Gasteiger partial charge is 0.250 e. The summed E-state index contributed by atoms with van der Waals surface area (Å²) in [6.07, 6.45) is 3.44. The number of likely N-dealkylation sites (N-methyl/N-ethyl adjacent to an activating group) is 2. The average molecular weight is 512 g/mol. The highest BCUT2D eigenvalue weighted by molar-refractivity contribution is 7.89. The number of aromatic nitrogens is 1. The third kappa shape index (κ3) is 5.98. The van der Waals surface area contributed by atoms with Crippen LogP contribution in [0.25, 0.3) is 22.0 Å². The quantitative estimate of drug-likeness (QED) is 0.436. The molecule has 4 rings (SSSR count). The minimum absolute atomic E-state index is 0.136. The molecule has 0 spiro atoms. The summed E-state index contributed by atoms with van der Waals surface area (Å²) in [6.45, 7) is 3.26. The maximum Gasteiger partial charge on any atom is 0.250 e. The summed E-state index contributed by atoms with van der Waals surface area (Å²) in [4.78, 5) is 19.7. The molecule has 1 aliphatic rings. The Morgan fingerprint density at radius 2 is 1.72 bits per heavy atom. The Morgan fingerprint density at radius 1 is 1.03 bits per heavy atom. The highest BCUT2D eigenvalue weighted by Gasteiger charge is 2.30. The maximum absolute atomic E-state index is 13.0. The Balaban J connectivity index is 1.48. The van der Waals surface area contributed by atoms with Crippen LogP contribution in [0, 0.1) is 0 Å². The molecule has 1 aromatic heterocycles. The number of nitrogens with zero attached hydrogens (tertiary/aromatic N) is 3. The molecule has 3 aromatic rings. The fraction of sp³-hybridized carbons (Fsp3) is 0.444. The van der Waals surface area contributed by atoms with Gasteiger partial charge in [0, 0.05) is 44.3 Å². The van der Waals surface area contributed by atoms with Gasteiger partial charge in [-0.15, -0.1) is 0 Å². The molecule has 0 atom stereocenters. The number of rotatable bonds is 10. The molecule has 1 amide bonds. The monoisotopic (exact) mass is 511 g/mol. The summed E-state index contributed by atoms with van der Waals surface area (Å²) in [5.41, 5.74) is 10.0. The van der Waals surface area contributed by atoms with Crippen LogP contribution in [0.3, 0.4) is 0 Å². The molecule has 0 unspecified atom stereocenters. The standard InChI is InChI=1S/C27H37N5O3S/c1-30(2)13-14-31(3)15-16-36(34,35)32-11-9-21(10-12-32)25-19-29-26-23(25)17-22(18-24(26)27(28)33)20-7-5-4-6-8-20/h4-8,17-19,21,29H,9-16H2,1-3H3,(H2,28,33). The zero-order valence-corrected chi connectivity index (χ0v) is 22.2. The van der Waals surface area contributed by atoms with E-state index in [9.17, 15) is 13.2 Å². The molecule has 0 aliphatic carbocycles. The number of amides is 1. The van der Waals surface area contributed by atoms with E-state index in [1.54, 1.807) is 4.31 Å². The van der Waals surface area contributed by atoms with E-state index < -0.39 is 15.9 Å². The first-order valence-corrected chi connectivity index (χ1v) is 14.1. The van der Waals surface area contributed by atoms with Crippen molar-refractivity contribution in [3.63, 3.8) is 0 Å². The van der Waals surface area contributed by atoms with Crippen molar-refractivity contribution in [2.45, 2.75) is 18.8 Å². The Hall–Kier alpha value is -2.72. The molecule has 2 heterocycles. The summed E-state index contributed by atoms with van der Waals surface area (Å²) < 4.78 is 27.6. The molecule has 2 aromatic carbocycles. The average Bonchev–Trinajstić information content (AvgIpc) is 3.30. The lowest BCUT2D eigenvalue weighted by atomic mass is 9.88. The first-order chi connectivity index (χ1) is 17.2. The molecule has 36 heavy (non-hydrogen) atoms. The van der Waals surface area contributed by atoms with Gasteiger partial charge in [-0.2, -0.15) is 0 Å². The van der Waals surface area contributed by atoms with Crippen LogP contribution in [0.5, 0.6) is 0 Å². The minimum atomic E-state index is -3.30. The number of carbonyl (C=O) groups excluding carboxylic acids is 1. The largest absolute Gasteiger partial charge is 0.366 e. The van der Waals surface area contributed by atoms with Gasteiger partial charge in [0.2, 0.25) is 10.0 Å². The second-order valence-electron chi connectivity index (χ2n) is 10.0. The summed E-state index contributed by atoms with van der Waals surface area (Å²) >= 11 is 0.